The second-order valence-corrected chi connectivity index (χ2v) is 5.84. The molecule has 0 aliphatic rings. The molecule has 0 aliphatic heterocycles. The van der Waals surface area contributed by atoms with E-state index >= 15 is 0 Å². The molecule has 0 aliphatic carbocycles. The number of hydrogen-bond acceptors (Lipinski definition) is 4. The Morgan fingerprint density at radius 2 is 2.09 bits per heavy atom. The number of carbonyl (C=O) groups is 1. The van der Waals surface area contributed by atoms with Crippen LogP contribution in [0.25, 0.3) is 6.08 Å². The molecule has 1 aromatic carbocycles. The summed E-state index contributed by atoms with van der Waals surface area (Å²) < 4.78 is 5.73. The molecule has 0 saturated heterocycles. The van der Waals surface area contributed by atoms with Gasteiger partial charge in [0.05, 0.1) is 10.6 Å². The minimum absolute atomic E-state index is 0.0931. The van der Waals surface area contributed by atoms with E-state index in [1.54, 1.807) is 18.2 Å². The summed E-state index contributed by atoms with van der Waals surface area (Å²) in [5, 5.41) is 9.58. The molecule has 0 amide bonds. The van der Waals surface area contributed by atoms with Gasteiger partial charge < -0.3 is 9.84 Å². The molecule has 0 saturated carbocycles. The van der Waals surface area contributed by atoms with E-state index < -0.39 is 5.97 Å². The van der Waals surface area contributed by atoms with Crippen LogP contribution in [0.3, 0.4) is 0 Å². The van der Waals surface area contributed by atoms with Crippen molar-refractivity contribution in [1.82, 2.24) is 9.97 Å². The fraction of sp³-hybridized carbons (Fsp3) is 0.188. The molecule has 0 unspecified atom stereocenters. The van der Waals surface area contributed by atoms with Crippen LogP contribution in [0.15, 0.2) is 30.5 Å². The number of benzene rings is 1. The lowest BCUT2D eigenvalue weighted by Gasteiger charge is -2.12. The van der Waals surface area contributed by atoms with Gasteiger partial charge in [0.15, 0.2) is 0 Å². The smallest absolute Gasteiger partial charge is 0.328 e. The number of aromatic nitrogens is 2. The quantitative estimate of drug-likeness (QED) is 0.782. The number of ether oxygens (including phenoxy) is 1. The summed E-state index contributed by atoms with van der Waals surface area (Å²) in [5.41, 5.74) is 0.433. The summed E-state index contributed by atoms with van der Waals surface area (Å²) in [6.45, 7) is 3.89. The largest absolute Gasteiger partial charge is 0.478 e. The van der Waals surface area contributed by atoms with Gasteiger partial charge in [0, 0.05) is 23.2 Å². The number of carboxylic acid groups (broad SMARTS) is 1. The molecule has 0 atom stereocenters. The van der Waals surface area contributed by atoms with E-state index in [1.165, 1.54) is 12.3 Å². The molecule has 23 heavy (non-hydrogen) atoms. The highest BCUT2D eigenvalue weighted by Gasteiger charge is 2.12. The van der Waals surface area contributed by atoms with Crippen molar-refractivity contribution >= 4 is 35.2 Å². The van der Waals surface area contributed by atoms with Crippen LogP contribution in [-0.2, 0) is 4.79 Å². The average molecular weight is 353 g/mol. The fourth-order valence-electron chi connectivity index (χ4n) is 1.69. The highest BCUT2D eigenvalue weighted by molar-refractivity contribution is 6.35. The first-order valence-electron chi connectivity index (χ1n) is 6.77. The number of carboxylic acids is 1. The van der Waals surface area contributed by atoms with Crippen molar-refractivity contribution in [3.63, 3.8) is 0 Å². The average Bonchev–Trinajstić information content (AvgIpc) is 2.48. The molecule has 7 heteroatoms. The van der Waals surface area contributed by atoms with Crippen LogP contribution >= 0.6 is 23.2 Å². The third-order valence-corrected chi connectivity index (χ3v) is 3.35. The molecule has 1 N–H and O–H groups in total. The highest BCUT2D eigenvalue weighted by Crippen LogP contribution is 2.32. The number of nitrogens with zero attached hydrogens (tertiary/aromatic N) is 2. The van der Waals surface area contributed by atoms with Crippen LogP contribution in [0.4, 0.5) is 0 Å². The Hall–Kier alpha value is -2.11. The van der Waals surface area contributed by atoms with Gasteiger partial charge in [-0.15, -0.1) is 0 Å². The second-order valence-electron chi connectivity index (χ2n) is 4.99. The van der Waals surface area contributed by atoms with Crippen LogP contribution in [0.2, 0.25) is 10.0 Å². The van der Waals surface area contributed by atoms with Crippen LogP contribution in [0.1, 0.15) is 31.2 Å². The first-order chi connectivity index (χ1) is 10.9. The summed E-state index contributed by atoms with van der Waals surface area (Å²) >= 11 is 12.0. The first kappa shape index (κ1) is 17.2. The lowest BCUT2D eigenvalue weighted by atomic mass is 10.2. The molecule has 5 nitrogen and oxygen atoms in total. The Morgan fingerprint density at radius 3 is 2.70 bits per heavy atom. The van der Waals surface area contributed by atoms with Crippen molar-refractivity contribution in [3.8, 4) is 11.6 Å². The predicted molar refractivity (Wildman–Crippen MR) is 89.3 cm³/mol. The standard InChI is InChI=1S/C16H14Cl2N2O3/c1-9(2)15-19-8-10(3-6-14(21)22)16(20-15)23-13-5-4-11(17)7-12(13)18/h3-9H,1-2H3,(H,21,22)/b6-3+. The van der Waals surface area contributed by atoms with Gasteiger partial charge in [0.1, 0.15) is 11.6 Å². The topological polar surface area (TPSA) is 72.3 Å². The molecular weight excluding hydrogens is 339 g/mol. The molecule has 120 valence electrons. The van der Waals surface area contributed by atoms with Gasteiger partial charge in [0.2, 0.25) is 5.88 Å². The van der Waals surface area contributed by atoms with Crippen molar-refractivity contribution in [2.75, 3.05) is 0 Å². The SMILES string of the molecule is CC(C)c1ncc(/C=C/C(=O)O)c(Oc2ccc(Cl)cc2Cl)n1. The summed E-state index contributed by atoms with van der Waals surface area (Å²) in [7, 11) is 0. The Balaban J connectivity index is 2.44. The summed E-state index contributed by atoms with van der Waals surface area (Å²) in [5.74, 6) is 0.196. The number of rotatable bonds is 5. The Bertz CT molecular complexity index is 761. The van der Waals surface area contributed by atoms with Crippen molar-refractivity contribution < 1.29 is 14.6 Å². The van der Waals surface area contributed by atoms with Crippen LogP contribution in [0.5, 0.6) is 11.6 Å². The Labute approximate surface area is 143 Å². The van der Waals surface area contributed by atoms with Gasteiger partial charge in [-0.05, 0) is 24.3 Å². The Morgan fingerprint density at radius 1 is 1.35 bits per heavy atom. The predicted octanol–water partition coefficient (Wildman–Crippen LogP) is 4.80. The summed E-state index contributed by atoms with van der Waals surface area (Å²) in [4.78, 5) is 19.3. The van der Waals surface area contributed by atoms with E-state index in [1.807, 2.05) is 13.8 Å². The van der Waals surface area contributed by atoms with Gasteiger partial charge in [0.25, 0.3) is 0 Å². The third-order valence-electron chi connectivity index (χ3n) is 2.82. The van der Waals surface area contributed by atoms with Crippen molar-refractivity contribution in [3.05, 3.63) is 51.9 Å². The number of aliphatic carboxylic acids is 1. The normalized spacial score (nSPS) is 11.2. The van der Waals surface area contributed by atoms with Crippen LogP contribution < -0.4 is 4.74 Å². The Kier molecular flexibility index (Phi) is 5.58. The zero-order valence-electron chi connectivity index (χ0n) is 12.5. The lowest BCUT2D eigenvalue weighted by molar-refractivity contribution is -0.131. The van der Waals surface area contributed by atoms with Crippen molar-refractivity contribution in [1.29, 1.82) is 0 Å². The maximum Gasteiger partial charge on any atom is 0.328 e. The second kappa shape index (κ2) is 7.44. The zero-order chi connectivity index (χ0) is 17.0. The lowest BCUT2D eigenvalue weighted by Crippen LogP contribution is -2.01. The van der Waals surface area contributed by atoms with Crippen LogP contribution in [0, 0.1) is 0 Å². The molecule has 0 fully saturated rings. The summed E-state index contributed by atoms with van der Waals surface area (Å²) in [6.07, 6.45) is 3.87. The number of halogens is 2. The minimum atomic E-state index is -1.08. The zero-order valence-corrected chi connectivity index (χ0v) is 14.0. The molecule has 0 spiro atoms. The van der Waals surface area contributed by atoms with Crippen molar-refractivity contribution in [2.24, 2.45) is 0 Å². The van der Waals surface area contributed by atoms with Gasteiger partial charge in [-0.3, -0.25) is 0 Å². The molecule has 0 radical (unpaired) electrons. The maximum atomic E-state index is 10.7. The third kappa shape index (κ3) is 4.68. The molecule has 1 heterocycles. The van der Waals surface area contributed by atoms with Crippen LogP contribution in [-0.4, -0.2) is 21.0 Å². The fourth-order valence-corrected chi connectivity index (χ4v) is 2.13. The first-order valence-corrected chi connectivity index (χ1v) is 7.53. The van der Waals surface area contributed by atoms with Gasteiger partial charge in [-0.2, -0.15) is 4.98 Å². The van der Waals surface area contributed by atoms with E-state index in [9.17, 15) is 4.79 Å². The maximum absolute atomic E-state index is 10.7. The number of hydrogen-bond donors (Lipinski definition) is 1. The monoisotopic (exact) mass is 352 g/mol. The van der Waals surface area contributed by atoms with Gasteiger partial charge in [-0.25, -0.2) is 9.78 Å². The molecule has 2 rings (SSSR count). The summed E-state index contributed by atoms with van der Waals surface area (Å²) in [6, 6.07) is 4.81. The molecule has 2 aromatic rings. The van der Waals surface area contributed by atoms with E-state index in [-0.39, 0.29) is 11.8 Å². The van der Waals surface area contributed by atoms with Crippen molar-refractivity contribution in [2.45, 2.75) is 19.8 Å². The van der Waals surface area contributed by atoms with E-state index in [4.69, 9.17) is 33.0 Å². The van der Waals surface area contributed by atoms with E-state index in [0.29, 0.717) is 27.2 Å². The molecule has 0 bridgehead atoms. The molecule has 1 aromatic heterocycles. The van der Waals surface area contributed by atoms with E-state index in [2.05, 4.69) is 9.97 Å². The van der Waals surface area contributed by atoms with E-state index in [0.717, 1.165) is 6.08 Å². The van der Waals surface area contributed by atoms with Gasteiger partial charge >= 0.3 is 5.97 Å². The highest BCUT2D eigenvalue weighted by atomic mass is 35.5. The molecular formula is C16H14Cl2N2O3. The van der Waals surface area contributed by atoms with Gasteiger partial charge in [-0.1, -0.05) is 37.0 Å². The minimum Gasteiger partial charge on any atom is -0.478 e.